The van der Waals surface area contributed by atoms with Crippen LogP contribution in [0.3, 0.4) is 0 Å². The summed E-state index contributed by atoms with van der Waals surface area (Å²) in [6, 6.07) is 9.74. The molecule has 1 unspecified atom stereocenters. The Hall–Kier alpha value is -2.23. The number of thiophene rings is 1. The molecule has 0 spiro atoms. The van der Waals surface area contributed by atoms with E-state index in [9.17, 15) is 9.18 Å². The first-order valence-corrected chi connectivity index (χ1v) is 10.1. The standard InChI is InChI=1S/C18H19FN4O2S2/c1-25-9-8-23-12-20-22-18(23)27-11-16(24)21-17(15-3-2-10-26-15)13-4-6-14(19)7-5-13/h2-7,10,12,17H,8-9,11H2,1H3,(H,21,24). The van der Waals surface area contributed by atoms with Gasteiger partial charge in [0.25, 0.3) is 0 Å². The fourth-order valence-electron chi connectivity index (χ4n) is 2.46. The lowest BCUT2D eigenvalue weighted by Gasteiger charge is -2.18. The Morgan fingerprint density at radius 2 is 2.19 bits per heavy atom. The van der Waals surface area contributed by atoms with Crippen LogP contribution in [0.2, 0.25) is 0 Å². The van der Waals surface area contributed by atoms with Crippen molar-refractivity contribution in [3.63, 3.8) is 0 Å². The van der Waals surface area contributed by atoms with Gasteiger partial charge in [-0.2, -0.15) is 0 Å². The summed E-state index contributed by atoms with van der Waals surface area (Å²) in [5.41, 5.74) is 0.834. The molecule has 2 aromatic heterocycles. The maximum absolute atomic E-state index is 13.2. The zero-order chi connectivity index (χ0) is 19.1. The van der Waals surface area contributed by atoms with Gasteiger partial charge in [0.2, 0.25) is 5.91 Å². The maximum atomic E-state index is 13.2. The summed E-state index contributed by atoms with van der Waals surface area (Å²) in [4.78, 5) is 13.5. The summed E-state index contributed by atoms with van der Waals surface area (Å²) in [5.74, 6) is -0.237. The first-order valence-electron chi connectivity index (χ1n) is 8.25. The van der Waals surface area contributed by atoms with Crippen LogP contribution in [-0.2, 0) is 16.1 Å². The van der Waals surface area contributed by atoms with Crippen LogP contribution in [0.15, 0.2) is 53.3 Å². The van der Waals surface area contributed by atoms with Crippen molar-refractivity contribution in [2.24, 2.45) is 0 Å². The van der Waals surface area contributed by atoms with Crippen LogP contribution in [0, 0.1) is 5.82 Å². The number of carbonyl (C=O) groups excluding carboxylic acids is 1. The lowest BCUT2D eigenvalue weighted by atomic mass is 10.1. The number of carbonyl (C=O) groups is 1. The fraction of sp³-hybridized carbons (Fsp3) is 0.278. The zero-order valence-electron chi connectivity index (χ0n) is 14.7. The molecule has 1 aromatic carbocycles. The normalized spacial score (nSPS) is 12.1. The third kappa shape index (κ3) is 5.38. The van der Waals surface area contributed by atoms with Crippen LogP contribution < -0.4 is 5.32 Å². The van der Waals surface area contributed by atoms with E-state index in [4.69, 9.17) is 4.74 Å². The molecule has 3 rings (SSSR count). The predicted molar refractivity (Wildman–Crippen MR) is 103 cm³/mol. The molecule has 6 nitrogen and oxygen atoms in total. The summed E-state index contributed by atoms with van der Waals surface area (Å²) in [6.07, 6.45) is 1.62. The molecular formula is C18H19FN4O2S2. The number of benzene rings is 1. The second kappa shape index (κ2) is 9.63. The van der Waals surface area contributed by atoms with Crippen molar-refractivity contribution >= 4 is 29.0 Å². The molecule has 0 aliphatic heterocycles. The Kier molecular flexibility index (Phi) is 6.97. The number of nitrogens with zero attached hydrogens (tertiary/aromatic N) is 3. The van der Waals surface area contributed by atoms with Gasteiger partial charge in [-0.15, -0.1) is 21.5 Å². The van der Waals surface area contributed by atoms with Gasteiger partial charge in [0.15, 0.2) is 5.16 Å². The van der Waals surface area contributed by atoms with E-state index < -0.39 is 0 Å². The second-order valence-corrected chi connectivity index (χ2v) is 7.58. The van der Waals surface area contributed by atoms with Crippen LogP contribution in [0.5, 0.6) is 0 Å². The van der Waals surface area contributed by atoms with Gasteiger partial charge in [-0.3, -0.25) is 4.79 Å². The third-order valence-corrected chi connectivity index (χ3v) is 5.70. The van der Waals surface area contributed by atoms with E-state index in [-0.39, 0.29) is 23.5 Å². The average Bonchev–Trinajstić information content (AvgIpc) is 3.35. The van der Waals surface area contributed by atoms with Crippen LogP contribution in [-0.4, -0.2) is 40.1 Å². The highest BCUT2D eigenvalue weighted by Crippen LogP contribution is 2.26. The average molecular weight is 407 g/mol. The molecule has 9 heteroatoms. The minimum atomic E-state index is -0.315. The number of halogens is 1. The summed E-state index contributed by atoms with van der Waals surface area (Å²) < 4.78 is 20.1. The first-order chi connectivity index (χ1) is 13.2. The van der Waals surface area contributed by atoms with E-state index in [1.165, 1.54) is 23.9 Å². The van der Waals surface area contributed by atoms with E-state index >= 15 is 0 Å². The molecule has 0 bridgehead atoms. The minimum absolute atomic E-state index is 0.135. The predicted octanol–water partition coefficient (Wildman–Crippen LogP) is 3.12. The van der Waals surface area contributed by atoms with Crippen LogP contribution in [0.4, 0.5) is 4.39 Å². The zero-order valence-corrected chi connectivity index (χ0v) is 16.3. The summed E-state index contributed by atoms with van der Waals surface area (Å²) >= 11 is 2.86. The highest BCUT2D eigenvalue weighted by atomic mass is 32.2. The molecule has 0 radical (unpaired) electrons. The number of methoxy groups -OCH3 is 1. The molecular weight excluding hydrogens is 387 g/mol. The van der Waals surface area contributed by atoms with Gasteiger partial charge in [0.05, 0.1) is 18.4 Å². The van der Waals surface area contributed by atoms with Gasteiger partial charge >= 0.3 is 0 Å². The molecule has 1 amide bonds. The molecule has 2 heterocycles. The second-order valence-electron chi connectivity index (χ2n) is 5.66. The number of ether oxygens (including phenoxy) is 1. The third-order valence-electron chi connectivity index (χ3n) is 3.79. The lowest BCUT2D eigenvalue weighted by Crippen LogP contribution is -2.30. The van der Waals surface area contributed by atoms with Gasteiger partial charge in [-0.05, 0) is 29.1 Å². The number of nitrogens with one attached hydrogen (secondary N) is 1. The minimum Gasteiger partial charge on any atom is -0.383 e. The molecule has 0 aliphatic rings. The highest BCUT2D eigenvalue weighted by molar-refractivity contribution is 7.99. The number of amides is 1. The molecule has 0 aliphatic carbocycles. The van der Waals surface area contributed by atoms with Crippen molar-refractivity contribution in [3.8, 4) is 0 Å². The summed E-state index contributed by atoms with van der Waals surface area (Å²) in [6.45, 7) is 1.17. The molecule has 1 N–H and O–H groups in total. The molecule has 27 heavy (non-hydrogen) atoms. The number of hydrogen-bond acceptors (Lipinski definition) is 6. The Labute approximate surface area is 164 Å². The lowest BCUT2D eigenvalue weighted by molar-refractivity contribution is -0.119. The van der Waals surface area contributed by atoms with E-state index in [2.05, 4.69) is 15.5 Å². The van der Waals surface area contributed by atoms with Crippen molar-refractivity contribution in [1.82, 2.24) is 20.1 Å². The molecule has 3 aromatic rings. The first kappa shape index (κ1) is 19.5. The summed E-state index contributed by atoms with van der Waals surface area (Å²) in [5, 5.41) is 13.6. The van der Waals surface area contributed by atoms with Crippen molar-refractivity contribution in [2.75, 3.05) is 19.5 Å². The number of hydrogen-bond donors (Lipinski definition) is 1. The van der Waals surface area contributed by atoms with Gasteiger partial charge in [-0.25, -0.2) is 4.39 Å². The Balaban J connectivity index is 1.65. The Bertz CT molecular complexity index is 853. The smallest absolute Gasteiger partial charge is 0.231 e. The van der Waals surface area contributed by atoms with Crippen LogP contribution in [0.1, 0.15) is 16.5 Å². The molecule has 0 fully saturated rings. The monoisotopic (exact) mass is 406 g/mol. The molecule has 0 saturated heterocycles. The SMILES string of the molecule is COCCn1cnnc1SCC(=O)NC(c1ccc(F)cc1)c1cccs1. The molecule has 142 valence electrons. The molecule has 1 atom stereocenters. The largest absolute Gasteiger partial charge is 0.383 e. The van der Waals surface area contributed by atoms with Crippen molar-refractivity contribution in [1.29, 1.82) is 0 Å². The Morgan fingerprint density at radius 1 is 1.37 bits per heavy atom. The van der Waals surface area contributed by atoms with E-state index in [0.29, 0.717) is 18.3 Å². The van der Waals surface area contributed by atoms with Crippen LogP contribution in [0.25, 0.3) is 0 Å². The topological polar surface area (TPSA) is 69.0 Å². The fourth-order valence-corrected chi connectivity index (χ4v) is 4.02. The number of aromatic nitrogens is 3. The van der Waals surface area contributed by atoms with Gasteiger partial charge in [0.1, 0.15) is 12.1 Å². The van der Waals surface area contributed by atoms with Gasteiger partial charge < -0.3 is 14.6 Å². The molecule has 0 saturated carbocycles. The quantitative estimate of drug-likeness (QED) is 0.553. The Morgan fingerprint density at radius 3 is 2.89 bits per heavy atom. The van der Waals surface area contributed by atoms with Crippen molar-refractivity contribution in [2.45, 2.75) is 17.7 Å². The van der Waals surface area contributed by atoms with Gasteiger partial charge in [-0.1, -0.05) is 30.0 Å². The highest BCUT2D eigenvalue weighted by Gasteiger charge is 2.19. The van der Waals surface area contributed by atoms with E-state index in [0.717, 1.165) is 10.4 Å². The summed E-state index contributed by atoms with van der Waals surface area (Å²) in [7, 11) is 1.63. The van der Waals surface area contributed by atoms with Crippen LogP contribution >= 0.6 is 23.1 Å². The number of thioether (sulfide) groups is 1. The van der Waals surface area contributed by atoms with E-state index in [1.54, 1.807) is 36.9 Å². The van der Waals surface area contributed by atoms with Gasteiger partial charge in [0, 0.05) is 18.5 Å². The maximum Gasteiger partial charge on any atom is 0.231 e. The van der Waals surface area contributed by atoms with Crippen molar-refractivity contribution < 1.29 is 13.9 Å². The van der Waals surface area contributed by atoms with Crippen molar-refractivity contribution in [3.05, 3.63) is 64.4 Å². The number of rotatable bonds is 9. The van der Waals surface area contributed by atoms with E-state index in [1.807, 2.05) is 22.1 Å².